The Labute approximate surface area is 107 Å². The molecule has 0 spiro atoms. The molecular weight excluding hydrogens is 263 g/mol. The van der Waals surface area contributed by atoms with Crippen LogP contribution in [0.25, 0.3) is 0 Å². The minimum atomic E-state index is -4.40. The predicted molar refractivity (Wildman–Crippen MR) is 63.0 cm³/mol. The summed E-state index contributed by atoms with van der Waals surface area (Å²) in [5.74, 6) is 0. The molecule has 19 heavy (non-hydrogen) atoms. The van der Waals surface area contributed by atoms with Crippen molar-refractivity contribution in [3.8, 4) is 0 Å². The first-order chi connectivity index (χ1) is 8.87. The number of rotatable bonds is 5. The van der Waals surface area contributed by atoms with Gasteiger partial charge in [0.1, 0.15) is 5.54 Å². The zero-order chi connectivity index (χ0) is 14.5. The number of aliphatic imine (C=N–C) groups is 1. The molecule has 0 aliphatic carbocycles. The molecule has 0 aromatic heterocycles. The molecule has 0 amide bonds. The summed E-state index contributed by atoms with van der Waals surface area (Å²) in [4.78, 5) is 3.82. The first kappa shape index (κ1) is 15.6. The van der Waals surface area contributed by atoms with Gasteiger partial charge in [0.15, 0.2) is 0 Å². The van der Waals surface area contributed by atoms with Crippen LogP contribution >= 0.6 is 0 Å². The molecule has 0 saturated carbocycles. The third-order valence-electron chi connectivity index (χ3n) is 2.61. The molecule has 0 bridgehead atoms. The summed E-state index contributed by atoms with van der Waals surface area (Å²) in [5, 5.41) is 27.1. The summed E-state index contributed by atoms with van der Waals surface area (Å²) >= 11 is 0. The average molecular weight is 277 g/mol. The Balaban J connectivity index is 2.89. The second-order valence-electron chi connectivity index (χ2n) is 4.08. The Morgan fingerprint density at radius 2 is 1.42 bits per heavy atom. The Morgan fingerprint density at radius 1 is 0.947 bits per heavy atom. The SMILES string of the molecule is OCC(CO)(CO)N=Cc1ccc(C(F)(F)F)cc1. The summed E-state index contributed by atoms with van der Waals surface area (Å²) in [6.45, 7) is -1.72. The highest BCUT2D eigenvalue weighted by atomic mass is 19.4. The number of nitrogens with zero attached hydrogens (tertiary/aromatic N) is 1. The van der Waals surface area contributed by atoms with Crippen molar-refractivity contribution in [1.82, 2.24) is 0 Å². The van der Waals surface area contributed by atoms with Crippen molar-refractivity contribution in [2.75, 3.05) is 19.8 Å². The second kappa shape index (κ2) is 6.14. The number of halogens is 3. The van der Waals surface area contributed by atoms with Crippen LogP contribution in [-0.2, 0) is 6.18 Å². The molecular formula is C12H14F3NO3. The molecule has 106 valence electrons. The Hall–Kier alpha value is -1.44. The van der Waals surface area contributed by atoms with Crippen molar-refractivity contribution in [3.63, 3.8) is 0 Å². The Kier molecular flexibility index (Phi) is 5.04. The lowest BCUT2D eigenvalue weighted by Gasteiger charge is -2.21. The van der Waals surface area contributed by atoms with E-state index in [9.17, 15) is 13.2 Å². The van der Waals surface area contributed by atoms with Crippen molar-refractivity contribution in [2.24, 2.45) is 4.99 Å². The maximum absolute atomic E-state index is 12.3. The summed E-state index contributed by atoms with van der Waals surface area (Å²) in [7, 11) is 0. The highest BCUT2D eigenvalue weighted by molar-refractivity contribution is 5.80. The van der Waals surface area contributed by atoms with Gasteiger partial charge in [-0.25, -0.2) is 0 Å². The predicted octanol–water partition coefficient (Wildman–Crippen LogP) is 0.840. The number of hydrogen-bond acceptors (Lipinski definition) is 4. The molecule has 0 radical (unpaired) electrons. The number of aliphatic hydroxyl groups excluding tert-OH is 3. The van der Waals surface area contributed by atoms with Gasteiger partial charge in [0, 0.05) is 6.21 Å². The minimum absolute atomic E-state index is 0.368. The Morgan fingerprint density at radius 3 is 1.79 bits per heavy atom. The van der Waals surface area contributed by atoms with Crippen LogP contribution < -0.4 is 0 Å². The van der Waals surface area contributed by atoms with Crippen LogP contribution in [0.1, 0.15) is 11.1 Å². The molecule has 0 unspecified atom stereocenters. The van der Waals surface area contributed by atoms with Gasteiger partial charge in [0.25, 0.3) is 0 Å². The highest BCUT2D eigenvalue weighted by Crippen LogP contribution is 2.28. The first-order valence-electron chi connectivity index (χ1n) is 5.42. The summed E-state index contributed by atoms with van der Waals surface area (Å²) in [5.41, 5.74) is -1.84. The molecule has 0 atom stereocenters. The van der Waals surface area contributed by atoms with Gasteiger partial charge in [0.2, 0.25) is 0 Å². The van der Waals surface area contributed by atoms with E-state index in [0.29, 0.717) is 5.56 Å². The van der Waals surface area contributed by atoms with E-state index in [4.69, 9.17) is 15.3 Å². The molecule has 0 fully saturated rings. The highest BCUT2D eigenvalue weighted by Gasteiger charge is 2.30. The summed E-state index contributed by atoms with van der Waals surface area (Å²) in [6.07, 6.45) is -3.20. The van der Waals surface area contributed by atoms with Crippen LogP contribution in [0.3, 0.4) is 0 Å². The largest absolute Gasteiger partial charge is 0.416 e. The van der Waals surface area contributed by atoms with Gasteiger partial charge >= 0.3 is 6.18 Å². The number of hydrogen-bond donors (Lipinski definition) is 3. The maximum atomic E-state index is 12.3. The second-order valence-corrected chi connectivity index (χ2v) is 4.08. The fourth-order valence-electron chi connectivity index (χ4n) is 1.24. The molecule has 3 N–H and O–H groups in total. The van der Waals surface area contributed by atoms with E-state index in [1.165, 1.54) is 18.3 Å². The lowest BCUT2D eigenvalue weighted by Crippen LogP contribution is -2.39. The van der Waals surface area contributed by atoms with E-state index in [1.807, 2.05) is 0 Å². The standard InChI is InChI=1S/C12H14F3NO3/c13-12(14,15)10-3-1-9(2-4-10)5-16-11(6-17,7-18)8-19/h1-5,17-19H,6-8H2. The number of benzene rings is 1. The van der Waals surface area contributed by atoms with Gasteiger partial charge in [-0.1, -0.05) is 12.1 Å². The topological polar surface area (TPSA) is 73.0 Å². The van der Waals surface area contributed by atoms with Crippen molar-refractivity contribution in [2.45, 2.75) is 11.7 Å². The van der Waals surface area contributed by atoms with Gasteiger partial charge in [-0.3, -0.25) is 4.99 Å². The average Bonchev–Trinajstić information content (AvgIpc) is 2.40. The van der Waals surface area contributed by atoms with Crippen LogP contribution in [-0.4, -0.2) is 46.9 Å². The van der Waals surface area contributed by atoms with Crippen LogP contribution in [0.4, 0.5) is 13.2 Å². The van der Waals surface area contributed by atoms with Gasteiger partial charge in [-0.15, -0.1) is 0 Å². The molecule has 0 aliphatic heterocycles. The smallest absolute Gasteiger partial charge is 0.394 e. The molecule has 1 aromatic carbocycles. The van der Waals surface area contributed by atoms with Crippen molar-refractivity contribution in [1.29, 1.82) is 0 Å². The van der Waals surface area contributed by atoms with E-state index in [-0.39, 0.29) is 0 Å². The summed E-state index contributed by atoms with van der Waals surface area (Å²) < 4.78 is 37.0. The molecule has 7 heteroatoms. The van der Waals surface area contributed by atoms with Gasteiger partial charge in [0.05, 0.1) is 25.4 Å². The molecule has 4 nitrogen and oxygen atoms in total. The van der Waals surface area contributed by atoms with Gasteiger partial charge in [-0.2, -0.15) is 13.2 Å². The van der Waals surface area contributed by atoms with Crippen molar-refractivity contribution >= 4 is 6.21 Å². The van der Waals surface area contributed by atoms with Crippen molar-refractivity contribution < 1.29 is 28.5 Å². The van der Waals surface area contributed by atoms with Crippen molar-refractivity contribution in [3.05, 3.63) is 35.4 Å². The van der Waals surface area contributed by atoms with Crippen LogP contribution in [0.5, 0.6) is 0 Å². The van der Waals surface area contributed by atoms with Crippen LogP contribution in [0, 0.1) is 0 Å². The van der Waals surface area contributed by atoms with Crippen LogP contribution in [0.2, 0.25) is 0 Å². The molecule has 1 aromatic rings. The number of alkyl halides is 3. The van der Waals surface area contributed by atoms with Gasteiger partial charge in [-0.05, 0) is 17.7 Å². The van der Waals surface area contributed by atoms with Gasteiger partial charge < -0.3 is 15.3 Å². The van der Waals surface area contributed by atoms with Crippen LogP contribution in [0.15, 0.2) is 29.3 Å². The third kappa shape index (κ3) is 4.02. The fraction of sp³-hybridized carbons (Fsp3) is 0.417. The molecule has 0 aliphatic rings. The lowest BCUT2D eigenvalue weighted by atomic mass is 10.0. The minimum Gasteiger partial charge on any atom is -0.394 e. The normalized spacial score (nSPS) is 13.2. The zero-order valence-corrected chi connectivity index (χ0v) is 9.93. The zero-order valence-electron chi connectivity index (χ0n) is 9.93. The monoisotopic (exact) mass is 277 g/mol. The molecule has 0 saturated heterocycles. The van der Waals surface area contributed by atoms with E-state index < -0.39 is 37.1 Å². The lowest BCUT2D eigenvalue weighted by molar-refractivity contribution is -0.137. The number of aliphatic hydroxyl groups is 3. The third-order valence-corrected chi connectivity index (χ3v) is 2.61. The Bertz CT molecular complexity index is 417. The van der Waals surface area contributed by atoms with E-state index in [0.717, 1.165) is 12.1 Å². The molecule has 0 heterocycles. The quantitative estimate of drug-likeness (QED) is 0.698. The first-order valence-corrected chi connectivity index (χ1v) is 5.42. The summed E-state index contributed by atoms with van der Waals surface area (Å²) in [6, 6.07) is 4.23. The maximum Gasteiger partial charge on any atom is 0.416 e. The fourth-order valence-corrected chi connectivity index (χ4v) is 1.24. The van der Waals surface area contributed by atoms with E-state index in [1.54, 1.807) is 0 Å². The molecule has 1 rings (SSSR count). The van der Waals surface area contributed by atoms with E-state index in [2.05, 4.69) is 4.99 Å². The van der Waals surface area contributed by atoms with E-state index >= 15 is 0 Å².